The van der Waals surface area contributed by atoms with Crippen molar-refractivity contribution in [2.24, 2.45) is 5.92 Å². The van der Waals surface area contributed by atoms with Crippen LogP contribution in [-0.2, 0) is 0 Å². The van der Waals surface area contributed by atoms with Crippen LogP contribution >= 0.6 is 0 Å². The molecule has 0 amide bonds. The zero-order valence-electron chi connectivity index (χ0n) is 11.6. The van der Waals surface area contributed by atoms with E-state index >= 15 is 0 Å². The Morgan fingerprint density at radius 2 is 1.76 bits per heavy atom. The van der Waals surface area contributed by atoms with Crippen molar-refractivity contribution in [1.82, 2.24) is 9.80 Å². The molecule has 0 spiro atoms. The number of piperidine rings is 1. The Morgan fingerprint density at radius 1 is 1.12 bits per heavy atom. The average Bonchev–Trinajstić information content (AvgIpc) is 2.32. The van der Waals surface area contributed by atoms with Crippen LogP contribution in [0, 0.1) is 5.92 Å². The van der Waals surface area contributed by atoms with Gasteiger partial charge in [-0.1, -0.05) is 6.92 Å². The van der Waals surface area contributed by atoms with Crippen LogP contribution in [0.25, 0.3) is 0 Å². The van der Waals surface area contributed by atoms with Crippen molar-refractivity contribution >= 4 is 0 Å². The van der Waals surface area contributed by atoms with E-state index < -0.39 is 0 Å². The summed E-state index contributed by atoms with van der Waals surface area (Å²) in [4.78, 5) is 4.89. The molecule has 1 aliphatic carbocycles. The highest BCUT2D eigenvalue weighted by Gasteiger charge is 2.33. The fourth-order valence-electron chi connectivity index (χ4n) is 3.45. The van der Waals surface area contributed by atoms with E-state index in [1.165, 1.54) is 38.8 Å². The molecule has 0 aromatic rings. The molecule has 2 rings (SSSR count). The Labute approximate surface area is 106 Å². The summed E-state index contributed by atoms with van der Waals surface area (Å²) in [5.41, 5.74) is 0. The Hall–Kier alpha value is -0.120. The van der Waals surface area contributed by atoms with Crippen LogP contribution in [0.4, 0.5) is 0 Å². The maximum Gasteiger partial charge on any atom is 0.0695 e. The highest BCUT2D eigenvalue weighted by atomic mass is 16.3. The predicted molar refractivity (Wildman–Crippen MR) is 71.1 cm³/mol. The van der Waals surface area contributed by atoms with Gasteiger partial charge in [-0.2, -0.15) is 0 Å². The van der Waals surface area contributed by atoms with Crippen molar-refractivity contribution in [3.63, 3.8) is 0 Å². The summed E-state index contributed by atoms with van der Waals surface area (Å²) in [5.74, 6) is 0.775. The lowest BCUT2D eigenvalue weighted by molar-refractivity contribution is -0.0121. The van der Waals surface area contributed by atoms with Gasteiger partial charge in [0.05, 0.1) is 6.10 Å². The van der Waals surface area contributed by atoms with E-state index in [9.17, 15) is 5.11 Å². The molecule has 3 nitrogen and oxygen atoms in total. The van der Waals surface area contributed by atoms with Crippen molar-refractivity contribution in [3.8, 4) is 0 Å². The monoisotopic (exact) mass is 240 g/mol. The quantitative estimate of drug-likeness (QED) is 0.793. The first kappa shape index (κ1) is 13.3. The number of likely N-dealkylation sites (tertiary alicyclic amines) is 1. The largest absolute Gasteiger partial charge is 0.391 e. The summed E-state index contributed by atoms with van der Waals surface area (Å²) < 4.78 is 0. The fourth-order valence-corrected chi connectivity index (χ4v) is 3.45. The molecule has 1 saturated heterocycles. The number of hydrogen-bond acceptors (Lipinski definition) is 3. The predicted octanol–water partition coefficient (Wildman–Crippen LogP) is 1.56. The van der Waals surface area contributed by atoms with E-state index in [2.05, 4.69) is 30.8 Å². The zero-order chi connectivity index (χ0) is 12.4. The lowest BCUT2D eigenvalue weighted by atomic mass is 9.83. The highest BCUT2D eigenvalue weighted by molar-refractivity contribution is 4.88. The molecule has 0 radical (unpaired) electrons. The van der Waals surface area contributed by atoms with Crippen molar-refractivity contribution in [1.29, 1.82) is 0 Å². The summed E-state index contributed by atoms with van der Waals surface area (Å²) in [6, 6.07) is 1.07. The summed E-state index contributed by atoms with van der Waals surface area (Å²) in [6.07, 6.45) is 5.76. The Balaban J connectivity index is 1.91. The molecule has 3 unspecified atom stereocenters. The third-order valence-electron chi connectivity index (χ3n) is 4.83. The van der Waals surface area contributed by atoms with Crippen molar-refractivity contribution in [3.05, 3.63) is 0 Å². The molecule has 3 heteroatoms. The summed E-state index contributed by atoms with van der Waals surface area (Å²) in [5, 5.41) is 10.2. The van der Waals surface area contributed by atoms with Crippen molar-refractivity contribution in [2.75, 3.05) is 27.2 Å². The van der Waals surface area contributed by atoms with Crippen LogP contribution in [0.5, 0.6) is 0 Å². The van der Waals surface area contributed by atoms with Crippen LogP contribution in [0.3, 0.4) is 0 Å². The SMILES string of the molecule is CC1CCC(O)C(N(C)C2CCN(C)CC2)C1. The van der Waals surface area contributed by atoms with Gasteiger partial charge in [-0.15, -0.1) is 0 Å². The molecule has 17 heavy (non-hydrogen) atoms. The molecule has 0 bridgehead atoms. The first-order chi connectivity index (χ1) is 8.08. The molecule has 3 atom stereocenters. The van der Waals surface area contributed by atoms with Gasteiger partial charge in [0.15, 0.2) is 0 Å². The minimum atomic E-state index is -0.101. The molecule has 1 heterocycles. The molecule has 0 aromatic heterocycles. The average molecular weight is 240 g/mol. The summed E-state index contributed by atoms with van der Waals surface area (Å²) in [6.45, 7) is 4.72. The van der Waals surface area contributed by atoms with Crippen LogP contribution in [0.15, 0.2) is 0 Å². The van der Waals surface area contributed by atoms with Gasteiger partial charge in [0.1, 0.15) is 0 Å². The molecule has 1 aliphatic heterocycles. The second-order valence-corrected chi connectivity index (χ2v) is 6.25. The summed E-state index contributed by atoms with van der Waals surface area (Å²) in [7, 11) is 4.43. The minimum absolute atomic E-state index is 0.101. The number of likely N-dealkylation sites (N-methyl/N-ethyl adjacent to an activating group) is 1. The zero-order valence-corrected chi connectivity index (χ0v) is 11.6. The fraction of sp³-hybridized carbons (Fsp3) is 1.00. The number of aliphatic hydroxyl groups is 1. The van der Waals surface area contributed by atoms with E-state index in [-0.39, 0.29) is 6.10 Å². The van der Waals surface area contributed by atoms with Gasteiger partial charge in [-0.05, 0) is 65.2 Å². The van der Waals surface area contributed by atoms with E-state index in [1.54, 1.807) is 0 Å². The van der Waals surface area contributed by atoms with Crippen LogP contribution in [0.1, 0.15) is 39.0 Å². The summed E-state index contributed by atoms with van der Waals surface area (Å²) >= 11 is 0. The molecule has 1 saturated carbocycles. The van der Waals surface area contributed by atoms with Gasteiger partial charge in [-0.3, -0.25) is 4.90 Å². The van der Waals surface area contributed by atoms with Gasteiger partial charge in [0, 0.05) is 12.1 Å². The minimum Gasteiger partial charge on any atom is -0.391 e. The Kier molecular flexibility index (Phi) is 4.45. The normalized spacial score (nSPS) is 37.6. The lowest BCUT2D eigenvalue weighted by Crippen LogP contribution is -2.52. The molecule has 2 aliphatic rings. The van der Waals surface area contributed by atoms with E-state index in [4.69, 9.17) is 0 Å². The first-order valence-electron chi connectivity index (χ1n) is 7.16. The van der Waals surface area contributed by atoms with Crippen LogP contribution < -0.4 is 0 Å². The number of nitrogens with zero attached hydrogens (tertiary/aromatic N) is 2. The van der Waals surface area contributed by atoms with E-state index in [0.29, 0.717) is 12.1 Å². The molecular weight excluding hydrogens is 212 g/mol. The molecule has 0 aromatic carbocycles. The maximum absolute atomic E-state index is 10.2. The molecule has 2 fully saturated rings. The van der Waals surface area contributed by atoms with Gasteiger partial charge < -0.3 is 10.0 Å². The second-order valence-electron chi connectivity index (χ2n) is 6.25. The van der Waals surface area contributed by atoms with Crippen molar-refractivity contribution in [2.45, 2.75) is 57.2 Å². The van der Waals surface area contributed by atoms with Crippen molar-refractivity contribution < 1.29 is 5.11 Å². The maximum atomic E-state index is 10.2. The topological polar surface area (TPSA) is 26.7 Å². The molecule has 1 N–H and O–H groups in total. The van der Waals surface area contributed by atoms with E-state index in [0.717, 1.165) is 12.3 Å². The third-order valence-corrected chi connectivity index (χ3v) is 4.83. The smallest absolute Gasteiger partial charge is 0.0695 e. The van der Waals surface area contributed by atoms with Gasteiger partial charge >= 0.3 is 0 Å². The van der Waals surface area contributed by atoms with Gasteiger partial charge in [0.2, 0.25) is 0 Å². The standard InChI is InChI=1S/C14H28N2O/c1-11-4-5-14(17)13(10-11)16(3)12-6-8-15(2)9-7-12/h11-14,17H,4-10H2,1-3H3. The first-order valence-corrected chi connectivity index (χ1v) is 7.16. The van der Waals surface area contributed by atoms with Gasteiger partial charge in [0.25, 0.3) is 0 Å². The van der Waals surface area contributed by atoms with E-state index in [1.807, 2.05) is 0 Å². The Morgan fingerprint density at radius 3 is 2.41 bits per heavy atom. The van der Waals surface area contributed by atoms with Crippen LogP contribution in [-0.4, -0.2) is 60.3 Å². The third kappa shape index (κ3) is 3.21. The van der Waals surface area contributed by atoms with Gasteiger partial charge in [-0.25, -0.2) is 0 Å². The number of hydrogen-bond donors (Lipinski definition) is 1. The number of rotatable bonds is 2. The second kappa shape index (κ2) is 5.68. The van der Waals surface area contributed by atoms with Crippen LogP contribution in [0.2, 0.25) is 0 Å². The highest BCUT2D eigenvalue weighted by Crippen LogP contribution is 2.29. The Bertz CT molecular complexity index is 238. The molecular formula is C14H28N2O. The number of aliphatic hydroxyl groups excluding tert-OH is 1. The molecule has 100 valence electrons. The lowest BCUT2D eigenvalue weighted by Gasteiger charge is -2.44.